The molecular weight excluding hydrogens is 204 g/mol. The molecule has 88 valence electrons. The zero-order valence-electron chi connectivity index (χ0n) is 9.81. The third kappa shape index (κ3) is 1.82. The van der Waals surface area contributed by atoms with Crippen LogP contribution in [0.3, 0.4) is 0 Å². The van der Waals surface area contributed by atoms with Crippen molar-refractivity contribution in [1.29, 1.82) is 0 Å². The Labute approximate surface area is 95.5 Å². The zero-order chi connectivity index (χ0) is 11.5. The van der Waals surface area contributed by atoms with Crippen LogP contribution in [-0.4, -0.2) is 40.0 Å². The molecule has 0 aromatic carbocycles. The molecule has 2 rings (SSSR count). The molecule has 16 heavy (non-hydrogen) atoms. The van der Waals surface area contributed by atoms with Crippen molar-refractivity contribution in [1.82, 2.24) is 19.8 Å². The number of nitrogens with one attached hydrogen (secondary N) is 1. The molecule has 1 amide bonds. The second-order valence-electron chi connectivity index (χ2n) is 3.88. The number of carbonyl (C=O) groups excluding carboxylic acids is 1. The third-order valence-corrected chi connectivity index (χ3v) is 3.03. The molecule has 1 unspecified atom stereocenters. The lowest BCUT2D eigenvalue weighted by Crippen LogP contribution is -2.45. The van der Waals surface area contributed by atoms with Crippen LogP contribution in [0.15, 0.2) is 12.4 Å². The summed E-state index contributed by atoms with van der Waals surface area (Å²) in [6.45, 7) is 7.19. The van der Waals surface area contributed by atoms with Crippen LogP contribution >= 0.6 is 0 Å². The summed E-state index contributed by atoms with van der Waals surface area (Å²) >= 11 is 0. The van der Waals surface area contributed by atoms with E-state index in [-0.39, 0.29) is 11.9 Å². The van der Waals surface area contributed by atoms with Gasteiger partial charge in [-0.1, -0.05) is 0 Å². The molecule has 0 saturated heterocycles. The van der Waals surface area contributed by atoms with Crippen molar-refractivity contribution in [3.05, 3.63) is 18.2 Å². The van der Waals surface area contributed by atoms with Gasteiger partial charge in [-0.15, -0.1) is 0 Å². The number of aromatic nitrogens is 2. The van der Waals surface area contributed by atoms with Gasteiger partial charge in [0, 0.05) is 38.6 Å². The molecule has 2 heterocycles. The topological polar surface area (TPSA) is 50.2 Å². The predicted molar refractivity (Wildman–Crippen MR) is 60.9 cm³/mol. The van der Waals surface area contributed by atoms with Crippen LogP contribution < -0.4 is 5.32 Å². The lowest BCUT2D eigenvalue weighted by atomic mass is 10.2. The minimum absolute atomic E-state index is 0.122. The minimum Gasteiger partial charge on any atom is -0.341 e. The van der Waals surface area contributed by atoms with Gasteiger partial charge in [0.05, 0.1) is 0 Å². The predicted octanol–water partition coefficient (Wildman–Crippen LogP) is 0.396. The van der Waals surface area contributed by atoms with Crippen molar-refractivity contribution >= 4 is 5.91 Å². The Balaban J connectivity index is 2.21. The highest BCUT2D eigenvalue weighted by Crippen LogP contribution is 2.17. The van der Waals surface area contributed by atoms with Gasteiger partial charge in [-0.25, -0.2) is 4.98 Å². The summed E-state index contributed by atoms with van der Waals surface area (Å²) in [5.41, 5.74) is 0. The summed E-state index contributed by atoms with van der Waals surface area (Å²) in [7, 11) is 0. The highest BCUT2D eigenvalue weighted by atomic mass is 16.2. The second-order valence-corrected chi connectivity index (χ2v) is 3.88. The fraction of sp³-hybridized carbons (Fsp3) is 0.636. The number of likely N-dealkylation sites (N-methyl/N-ethyl adjacent to an activating group) is 1. The summed E-state index contributed by atoms with van der Waals surface area (Å²) in [4.78, 5) is 18.3. The molecule has 5 nitrogen and oxygen atoms in total. The lowest BCUT2D eigenvalue weighted by molar-refractivity contribution is -0.133. The van der Waals surface area contributed by atoms with E-state index in [0.29, 0.717) is 0 Å². The molecule has 0 radical (unpaired) electrons. The number of imidazole rings is 1. The van der Waals surface area contributed by atoms with E-state index in [2.05, 4.69) is 10.3 Å². The van der Waals surface area contributed by atoms with Crippen LogP contribution in [0, 0.1) is 0 Å². The number of carbonyl (C=O) groups is 1. The van der Waals surface area contributed by atoms with Crippen molar-refractivity contribution in [3.8, 4) is 0 Å². The first-order chi connectivity index (χ1) is 7.77. The highest BCUT2D eigenvalue weighted by molar-refractivity contribution is 5.82. The van der Waals surface area contributed by atoms with E-state index in [1.165, 1.54) is 0 Å². The second kappa shape index (κ2) is 4.65. The first-order valence-electron chi connectivity index (χ1n) is 5.81. The van der Waals surface area contributed by atoms with E-state index in [0.717, 1.165) is 32.0 Å². The summed E-state index contributed by atoms with van der Waals surface area (Å²) < 4.78 is 2.04. The maximum atomic E-state index is 12.2. The first-order valence-corrected chi connectivity index (χ1v) is 5.81. The highest BCUT2D eigenvalue weighted by Gasteiger charge is 2.29. The zero-order valence-corrected chi connectivity index (χ0v) is 9.81. The Bertz CT molecular complexity index is 370. The molecule has 5 heteroatoms. The van der Waals surface area contributed by atoms with Crippen molar-refractivity contribution in [2.24, 2.45) is 0 Å². The Morgan fingerprint density at radius 1 is 1.62 bits per heavy atom. The normalized spacial score (nSPS) is 19.2. The standard InChI is InChI=1S/C11H18N4O/c1-3-14(4-2)11(16)9-10-13-6-8-15(10)7-5-12-9/h6,8-9,12H,3-5,7H2,1-2H3. The van der Waals surface area contributed by atoms with Gasteiger partial charge < -0.3 is 9.47 Å². The summed E-state index contributed by atoms with van der Waals surface area (Å²) in [5, 5.41) is 3.24. The van der Waals surface area contributed by atoms with Gasteiger partial charge in [0.15, 0.2) is 0 Å². The van der Waals surface area contributed by atoms with Gasteiger partial charge in [0.2, 0.25) is 5.91 Å². The summed E-state index contributed by atoms with van der Waals surface area (Å²) in [5.74, 6) is 0.959. The molecule has 0 aliphatic carbocycles. The summed E-state index contributed by atoms with van der Waals surface area (Å²) in [6.07, 6.45) is 3.68. The molecule has 1 atom stereocenters. The maximum absolute atomic E-state index is 12.2. The molecule has 1 aromatic heterocycles. The Hall–Kier alpha value is -1.36. The minimum atomic E-state index is -0.274. The molecule has 1 aliphatic heterocycles. The maximum Gasteiger partial charge on any atom is 0.247 e. The van der Waals surface area contributed by atoms with Gasteiger partial charge in [-0.2, -0.15) is 0 Å². The molecular formula is C11H18N4O. The van der Waals surface area contributed by atoms with Crippen LogP contribution in [0.2, 0.25) is 0 Å². The lowest BCUT2D eigenvalue weighted by Gasteiger charge is -2.29. The molecule has 1 aromatic rings. The van der Waals surface area contributed by atoms with Crippen molar-refractivity contribution < 1.29 is 4.79 Å². The van der Waals surface area contributed by atoms with Crippen LogP contribution in [0.5, 0.6) is 0 Å². The van der Waals surface area contributed by atoms with Gasteiger partial charge in [0.25, 0.3) is 0 Å². The number of amides is 1. The van der Waals surface area contributed by atoms with Crippen LogP contribution in [0.25, 0.3) is 0 Å². The molecule has 0 spiro atoms. The van der Waals surface area contributed by atoms with E-state index in [9.17, 15) is 4.79 Å². The van der Waals surface area contributed by atoms with Gasteiger partial charge >= 0.3 is 0 Å². The third-order valence-electron chi connectivity index (χ3n) is 3.03. The van der Waals surface area contributed by atoms with Crippen molar-refractivity contribution in [2.75, 3.05) is 19.6 Å². The van der Waals surface area contributed by atoms with Crippen LogP contribution in [-0.2, 0) is 11.3 Å². The quantitative estimate of drug-likeness (QED) is 0.805. The average Bonchev–Trinajstić information content (AvgIpc) is 2.78. The number of nitrogens with zero attached hydrogens (tertiary/aromatic N) is 3. The van der Waals surface area contributed by atoms with Crippen LogP contribution in [0.1, 0.15) is 25.7 Å². The Morgan fingerprint density at radius 2 is 2.38 bits per heavy atom. The summed E-state index contributed by atoms with van der Waals surface area (Å²) in [6, 6.07) is -0.274. The smallest absolute Gasteiger partial charge is 0.247 e. The van der Waals surface area contributed by atoms with Gasteiger partial charge in [-0.3, -0.25) is 10.1 Å². The molecule has 1 aliphatic rings. The van der Waals surface area contributed by atoms with Gasteiger partial charge in [-0.05, 0) is 13.8 Å². The largest absolute Gasteiger partial charge is 0.341 e. The van der Waals surface area contributed by atoms with Crippen LogP contribution in [0.4, 0.5) is 0 Å². The van der Waals surface area contributed by atoms with Crippen molar-refractivity contribution in [2.45, 2.75) is 26.4 Å². The average molecular weight is 222 g/mol. The monoisotopic (exact) mass is 222 g/mol. The number of fused-ring (bicyclic) bond motifs is 1. The van der Waals surface area contributed by atoms with E-state index in [1.807, 2.05) is 29.5 Å². The molecule has 1 N–H and O–H groups in total. The SMILES string of the molecule is CCN(CC)C(=O)C1NCCn2ccnc21. The van der Waals surface area contributed by atoms with E-state index in [1.54, 1.807) is 6.20 Å². The van der Waals surface area contributed by atoms with Gasteiger partial charge in [0.1, 0.15) is 11.9 Å². The fourth-order valence-electron chi connectivity index (χ4n) is 2.11. The number of hydrogen-bond donors (Lipinski definition) is 1. The van der Waals surface area contributed by atoms with Crippen molar-refractivity contribution in [3.63, 3.8) is 0 Å². The molecule has 0 saturated carbocycles. The fourth-order valence-corrected chi connectivity index (χ4v) is 2.11. The number of rotatable bonds is 3. The van der Waals surface area contributed by atoms with E-state index in [4.69, 9.17) is 0 Å². The van der Waals surface area contributed by atoms with E-state index >= 15 is 0 Å². The molecule has 0 bridgehead atoms. The van der Waals surface area contributed by atoms with E-state index < -0.39 is 0 Å². The first kappa shape index (κ1) is 11.1. The molecule has 0 fully saturated rings. The Morgan fingerprint density at radius 3 is 3.06 bits per heavy atom. The number of hydrogen-bond acceptors (Lipinski definition) is 3. The Kier molecular flexibility index (Phi) is 3.24.